The largest absolute Gasteiger partial charge is 0.346 e. The highest BCUT2D eigenvalue weighted by molar-refractivity contribution is 7.22. The number of carbonyl (C=O) groups excluding carboxylic acids is 1. The second-order valence-corrected chi connectivity index (χ2v) is 6.95. The molecule has 1 saturated heterocycles. The predicted molar refractivity (Wildman–Crippen MR) is 94.3 cm³/mol. The molecule has 8 heteroatoms. The van der Waals surface area contributed by atoms with Gasteiger partial charge in [-0.25, -0.2) is 19.3 Å². The van der Waals surface area contributed by atoms with Crippen molar-refractivity contribution < 1.29 is 9.18 Å². The Morgan fingerprint density at radius 1 is 1.36 bits per heavy atom. The molecule has 128 valence electrons. The van der Waals surface area contributed by atoms with Crippen molar-refractivity contribution in [2.75, 3.05) is 18.0 Å². The van der Waals surface area contributed by atoms with Crippen LogP contribution < -0.4 is 10.2 Å². The third kappa shape index (κ3) is 3.30. The van der Waals surface area contributed by atoms with Gasteiger partial charge in [0.15, 0.2) is 5.13 Å². The zero-order valence-electron chi connectivity index (χ0n) is 13.4. The Labute approximate surface area is 147 Å². The summed E-state index contributed by atoms with van der Waals surface area (Å²) in [5.41, 5.74) is 0.767. The molecule has 0 aliphatic carbocycles. The summed E-state index contributed by atoms with van der Waals surface area (Å²) in [5, 5.41) is 3.80. The number of rotatable bonds is 3. The van der Waals surface area contributed by atoms with Gasteiger partial charge in [-0.3, -0.25) is 4.79 Å². The fraction of sp³-hybridized carbons (Fsp3) is 0.294. The van der Waals surface area contributed by atoms with Gasteiger partial charge in [-0.1, -0.05) is 17.4 Å². The maximum absolute atomic E-state index is 13.9. The maximum atomic E-state index is 13.9. The lowest BCUT2D eigenvalue weighted by Gasteiger charge is -2.32. The summed E-state index contributed by atoms with van der Waals surface area (Å²) in [5.74, 6) is -0.504. The summed E-state index contributed by atoms with van der Waals surface area (Å²) in [4.78, 5) is 26.6. The van der Waals surface area contributed by atoms with E-state index in [2.05, 4.69) is 25.2 Å². The first-order valence-electron chi connectivity index (χ1n) is 8.07. The summed E-state index contributed by atoms with van der Waals surface area (Å²) in [6.07, 6.45) is 4.74. The molecule has 1 unspecified atom stereocenters. The number of nitrogens with zero attached hydrogens (tertiary/aromatic N) is 4. The molecule has 3 aromatic rings. The first-order valence-corrected chi connectivity index (χ1v) is 8.89. The molecule has 0 radical (unpaired) electrons. The fourth-order valence-corrected chi connectivity index (χ4v) is 4.01. The van der Waals surface area contributed by atoms with Crippen molar-refractivity contribution in [1.29, 1.82) is 0 Å². The van der Waals surface area contributed by atoms with Crippen LogP contribution in [0.5, 0.6) is 0 Å². The van der Waals surface area contributed by atoms with Crippen LogP contribution in [0, 0.1) is 5.82 Å². The van der Waals surface area contributed by atoms with Gasteiger partial charge in [-0.2, -0.15) is 0 Å². The van der Waals surface area contributed by atoms with Gasteiger partial charge < -0.3 is 10.2 Å². The number of halogens is 1. The van der Waals surface area contributed by atoms with E-state index in [4.69, 9.17) is 0 Å². The minimum atomic E-state index is -0.300. The SMILES string of the molecule is O=C(NC1CCCN(c2nc3c(F)cccc3s2)C1)c1ccncn1. The van der Waals surface area contributed by atoms with Gasteiger partial charge >= 0.3 is 0 Å². The number of hydrogen-bond donors (Lipinski definition) is 1. The number of para-hydroxylation sites is 1. The van der Waals surface area contributed by atoms with Crippen LogP contribution in [0.4, 0.5) is 9.52 Å². The molecule has 25 heavy (non-hydrogen) atoms. The summed E-state index contributed by atoms with van der Waals surface area (Å²) in [7, 11) is 0. The molecule has 1 atom stereocenters. The molecule has 4 rings (SSSR count). The first-order chi connectivity index (χ1) is 12.2. The normalized spacial score (nSPS) is 17.6. The van der Waals surface area contributed by atoms with Crippen LogP contribution in [0.3, 0.4) is 0 Å². The lowest BCUT2D eigenvalue weighted by atomic mass is 10.1. The molecule has 0 spiro atoms. The van der Waals surface area contributed by atoms with Crippen molar-refractivity contribution in [1.82, 2.24) is 20.3 Å². The predicted octanol–water partition coefficient (Wildman–Crippen LogP) is 2.62. The topological polar surface area (TPSA) is 71.0 Å². The lowest BCUT2D eigenvalue weighted by molar-refractivity contribution is 0.0928. The molecular weight excluding hydrogens is 341 g/mol. The van der Waals surface area contributed by atoms with Crippen molar-refractivity contribution in [2.45, 2.75) is 18.9 Å². The van der Waals surface area contributed by atoms with E-state index in [1.165, 1.54) is 23.7 Å². The maximum Gasteiger partial charge on any atom is 0.270 e. The van der Waals surface area contributed by atoms with Crippen LogP contribution in [0.2, 0.25) is 0 Å². The second-order valence-electron chi connectivity index (χ2n) is 5.94. The summed E-state index contributed by atoms with van der Waals surface area (Å²) >= 11 is 1.48. The zero-order valence-corrected chi connectivity index (χ0v) is 14.2. The van der Waals surface area contributed by atoms with Gasteiger partial charge in [0.2, 0.25) is 0 Å². The van der Waals surface area contributed by atoms with E-state index < -0.39 is 0 Å². The van der Waals surface area contributed by atoms with Gasteiger partial charge in [0.1, 0.15) is 23.4 Å². The number of thiazole rings is 1. The fourth-order valence-electron chi connectivity index (χ4n) is 2.99. The van der Waals surface area contributed by atoms with Crippen molar-refractivity contribution in [2.24, 2.45) is 0 Å². The van der Waals surface area contributed by atoms with Gasteiger partial charge in [-0.15, -0.1) is 0 Å². The molecule has 2 aromatic heterocycles. The molecule has 6 nitrogen and oxygen atoms in total. The monoisotopic (exact) mass is 357 g/mol. The van der Waals surface area contributed by atoms with Crippen LogP contribution in [-0.2, 0) is 0 Å². The number of aromatic nitrogens is 3. The zero-order chi connectivity index (χ0) is 17.2. The van der Waals surface area contributed by atoms with Gasteiger partial charge in [0, 0.05) is 25.3 Å². The molecule has 0 saturated carbocycles. The third-order valence-electron chi connectivity index (χ3n) is 4.20. The van der Waals surface area contributed by atoms with E-state index in [0.29, 0.717) is 17.8 Å². The Morgan fingerprint density at radius 2 is 2.28 bits per heavy atom. The summed E-state index contributed by atoms with van der Waals surface area (Å²) in [6.45, 7) is 1.50. The van der Waals surface area contributed by atoms with Crippen molar-refractivity contribution in [3.63, 3.8) is 0 Å². The Kier molecular flexibility index (Phi) is 4.27. The summed E-state index contributed by atoms with van der Waals surface area (Å²) in [6, 6.07) is 6.59. The molecule has 0 bridgehead atoms. The number of nitrogens with one attached hydrogen (secondary N) is 1. The Bertz CT molecular complexity index is 900. The van der Waals surface area contributed by atoms with Crippen LogP contribution in [-0.4, -0.2) is 40.0 Å². The standard InChI is InChI=1S/C17H16FN5OS/c18-12-4-1-5-14-15(12)22-17(25-14)23-8-2-3-11(9-23)21-16(24)13-6-7-19-10-20-13/h1,4-7,10-11H,2-3,8-9H2,(H,21,24). The van der Waals surface area contributed by atoms with E-state index in [9.17, 15) is 9.18 Å². The quantitative estimate of drug-likeness (QED) is 0.780. The minimum absolute atomic E-state index is 0.00748. The molecular formula is C17H16FN5OS. The van der Waals surface area contributed by atoms with Gasteiger partial charge in [-0.05, 0) is 31.0 Å². The van der Waals surface area contributed by atoms with Crippen molar-refractivity contribution in [3.8, 4) is 0 Å². The molecule has 1 fully saturated rings. The molecule has 1 aliphatic rings. The average molecular weight is 357 g/mol. The number of amides is 1. The van der Waals surface area contributed by atoms with E-state index in [1.807, 2.05) is 6.07 Å². The van der Waals surface area contributed by atoms with Crippen molar-refractivity contribution >= 4 is 32.6 Å². The summed E-state index contributed by atoms with van der Waals surface area (Å²) < 4.78 is 14.7. The number of carbonyl (C=O) groups is 1. The number of fused-ring (bicyclic) bond motifs is 1. The van der Waals surface area contributed by atoms with Crippen LogP contribution in [0.25, 0.3) is 10.2 Å². The van der Waals surface area contributed by atoms with Crippen LogP contribution in [0.1, 0.15) is 23.3 Å². The third-order valence-corrected chi connectivity index (χ3v) is 5.28. The molecule has 1 N–H and O–H groups in total. The van der Waals surface area contributed by atoms with Gasteiger partial charge in [0.05, 0.1) is 4.70 Å². The van der Waals surface area contributed by atoms with E-state index >= 15 is 0 Å². The van der Waals surface area contributed by atoms with Crippen LogP contribution in [0.15, 0.2) is 36.8 Å². The smallest absolute Gasteiger partial charge is 0.270 e. The Hall–Kier alpha value is -2.61. The molecule has 3 heterocycles. The van der Waals surface area contributed by atoms with Crippen molar-refractivity contribution in [3.05, 3.63) is 48.3 Å². The average Bonchev–Trinajstić information content (AvgIpc) is 3.08. The number of hydrogen-bond acceptors (Lipinski definition) is 6. The first kappa shape index (κ1) is 15.9. The minimum Gasteiger partial charge on any atom is -0.346 e. The van der Waals surface area contributed by atoms with Crippen LogP contribution >= 0.6 is 11.3 Å². The second kappa shape index (κ2) is 6.72. The lowest BCUT2D eigenvalue weighted by Crippen LogP contribution is -2.48. The molecule has 1 aliphatic heterocycles. The highest BCUT2D eigenvalue weighted by Crippen LogP contribution is 2.31. The number of anilines is 1. The Balaban J connectivity index is 1.48. The number of piperidine rings is 1. The van der Waals surface area contributed by atoms with Gasteiger partial charge in [0.25, 0.3) is 5.91 Å². The highest BCUT2D eigenvalue weighted by Gasteiger charge is 2.24. The van der Waals surface area contributed by atoms with E-state index in [0.717, 1.165) is 29.2 Å². The molecule has 1 amide bonds. The molecule has 1 aromatic carbocycles. The van der Waals surface area contributed by atoms with E-state index in [1.54, 1.807) is 18.3 Å². The number of benzene rings is 1. The van der Waals surface area contributed by atoms with E-state index in [-0.39, 0.29) is 17.8 Å². The highest BCUT2D eigenvalue weighted by atomic mass is 32.1. The Morgan fingerprint density at radius 3 is 3.08 bits per heavy atom.